The molecule has 1 atom stereocenters. The molecule has 0 radical (unpaired) electrons. The van der Waals surface area contributed by atoms with E-state index in [2.05, 4.69) is 6.07 Å². The van der Waals surface area contributed by atoms with E-state index in [1.54, 1.807) is 11.3 Å². The summed E-state index contributed by atoms with van der Waals surface area (Å²) < 4.78 is 1.94. The Morgan fingerprint density at radius 1 is 1.39 bits per heavy atom. The third-order valence-corrected chi connectivity index (χ3v) is 4.21. The summed E-state index contributed by atoms with van der Waals surface area (Å²) in [5.41, 5.74) is 7.68. The molecule has 3 rings (SSSR count). The van der Waals surface area contributed by atoms with Crippen molar-refractivity contribution in [2.45, 2.75) is 31.8 Å². The minimum atomic E-state index is -0.208. The predicted molar refractivity (Wildman–Crippen MR) is 74.9 cm³/mol. The Kier molecular flexibility index (Phi) is 2.84. The summed E-state index contributed by atoms with van der Waals surface area (Å²) in [6.07, 6.45) is 2.20. The summed E-state index contributed by atoms with van der Waals surface area (Å²) in [5, 5.41) is 2.04. The van der Waals surface area contributed by atoms with Crippen molar-refractivity contribution in [3.05, 3.63) is 45.6 Å². The van der Waals surface area contributed by atoms with Crippen LogP contribution in [0, 0.1) is 0 Å². The molecule has 4 heteroatoms. The molecule has 1 saturated carbocycles. The van der Waals surface area contributed by atoms with Gasteiger partial charge < -0.3 is 10.3 Å². The lowest BCUT2D eigenvalue weighted by molar-refractivity contribution is 0.685. The van der Waals surface area contributed by atoms with Crippen molar-refractivity contribution in [1.82, 2.24) is 4.57 Å². The Hall–Kier alpha value is -1.39. The zero-order valence-corrected chi connectivity index (χ0v) is 11.1. The first-order valence-corrected chi connectivity index (χ1v) is 7.11. The van der Waals surface area contributed by atoms with Crippen LogP contribution in [0.15, 0.2) is 34.4 Å². The molecule has 2 aromatic rings. The molecule has 2 aromatic heterocycles. The molecule has 0 amide bonds. The van der Waals surface area contributed by atoms with Crippen molar-refractivity contribution in [3.8, 4) is 10.6 Å². The van der Waals surface area contributed by atoms with E-state index in [0.29, 0.717) is 11.6 Å². The van der Waals surface area contributed by atoms with Gasteiger partial charge in [0, 0.05) is 17.6 Å². The maximum absolute atomic E-state index is 12.5. The molecule has 0 aromatic carbocycles. The molecule has 0 spiro atoms. The average molecular weight is 260 g/mol. The molecule has 2 heterocycles. The highest BCUT2D eigenvalue weighted by Gasteiger charge is 2.28. The van der Waals surface area contributed by atoms with Gasteiger partial charge in [-0.1, -0.05) is 6.07 Å². The third-order valence-electron chi connectivity index (χ3n) is 3.32. The lowest BCUT2D eigenvalue weighted by Crippen LogP contribution is -2.27. The SMILES string of the molecule is CC(N)c1ccc(-c2cccs2)n(C2CC2)c1=O. The van der Waals surface area contributed by atoms with Crippen LogP contribution in [0.4, 0.5) is 0 Å². The maximum Gasteiger partial charge on any atom is 0.256 e. The van der Waals surface area contributed by atoms with Gasteiger partial charge in [-0.3, -0.25) is 4.79 Å². The summed E-state index contributed by atoms with van der Waals surface area (Å²) >= 11 is 1.67. The van der Waals surface area contributed by atoms with Crippen molar-refractivity contribution in [2.75, 3.05) is 0 Å². The highest BCUT2D eigenvalue weighted by Crippen LogP contribution is 2.38. The monoisotopic (exact) mass is 260 g/mol. The summed E-state index contributed by atoms with van der Waals surface area (Å²) in [5.74, 6) is 0. The second-order valence-electron chi connectivity index (χ2n) is 4.85. The molecule has 2 N–H and O–H groups in total. The van der Waals surface area contributed by atoms with E-state index in [9.17, 15) is 4.79 Å². The molecule has 1 unspecified atom stereocenters. The van der Waals surface area contributed by atoms with Gasteiger partial charge in [0.1, 0.15) is 0 Å². The molecular formula is C14H16N2OS. The van der Waals surface area contributed by atoms with Gasteiger partial charge in [-0.15, -0.1) is 11.3 Å². The van der Waals surface area contributed by atoms with Crippen LogP contribution in [-0.2, 0) is 0 Å². The number of nitrogens with zero attached hydrogens (tertiary/aromatic N) is 1. The van der Waals surface area contributed by atoms with Crippen molar-refractivity contribution in [3.63, 3.8) is 0 Å². The second-order valence-corrected chi connectivity index (χ2v) is 5.79. The van der Waals surface area contributed by atoms with E-state index in [-0.39, 0.29) is 11.6 Å². The minimum Gasteiger partial charge on any atom is -0.324 e. The van der Waals surface area contributed by atoms with Crippen molar-refractivity contribution >= 4 is 11.3 Å². The number of hydrogen-bond acceptors (Lipinski definition) is 3. The predicted octanol–water partition coefficient (Wildman–Crippen LogP) is 2.93. The van der Waals surface area contributed by atoms with Crippen LogP contribution < -0.4 is 11.3 Å². The first-order valence-electron chi connectivity index (χ1n) is 6.23. The Morgan fingerprint density at radius 2 is 2.17 bits per heavy atom. The highest BCUT2D eigenvalue weighted by atomic mass is 32.1. The molecule has 3 nitrogen and oxygen atoms in total. The van der Waals surface area contributed by atoms with Gasteiger partial charge in [0.25, 0.3) is 5.56 Å². The summed E-state index contributed by atoms with van der Waals surface area (Å²) in [7, 11) is 0. The smallest absolute Gasteiger partial charge is 0.256 e. The highest BCUT2D eigenvalue weighted by molar-refractivity contribution is 7.13. The van der Waals surface area contributed by atoms with Gasteiger partial charge in [-0.25, -0.2) is 0 Å². The van der Waals surface area contributed by atoms with Crippen LogP contribution in [0.1, 0.15) is 37.4 Å². The van der Waals surface area contributed by atoms with Crippen LogP contribution >= 0.6 is 11.3 Å². The quantitative estimate of drug-likeness (QED) is 0.922. The molecule has 1 aliphatic rings. The molecule has 18 heavy (non-hydrogen) atoms. The van der Waals surface area contributed by atoms with E-state index in [1.807, 2.05) is 35.1 Å². The van der Waals surface area contributed by atoms with Crippen LogP contribution in [0.5, 0.6) is 0 Å². The number of hydrogen-bond donors (Lipinski definition) is 1. The Morgan fingerprint density at radius 3 is 2.72 bits per heavy atom. The Bertz CT molecular complexity index is 609. The summed E-state index contributed by atoms with van der Waals surface area (Å²) in [6.45, 7) is 1.86. The lowest BCUT2D eigenvalue weighted by atomic mass is 10.1. The second kappa shape index (κ2) is 4.37. The number of pyridine rings is 1. The zero-order chi connectivity index (χ0) is 12.7. The fourth-order valence-corrected chi connectivity index (χ4v) is 2.98. The summed E-state index contributed by atoms with van der Waals surface area (Å²) in [4.78, 5) is 13.6. The van der Waals surface area contributed by atoms with E-state index in [1.165, 1.54) is 0 Å². The number of nitrogens with two attached hydrogens (primary N) is 1. The fraction of sp³-hybridized carbons (Fsp3) is 0.357. The Balaban J connectivity index is 2.21. The maximum atomic E-state index is 12.5. The third kappa shape index (κ3) is 1.91. The molecule has 0 aliphatic heterocycles. The van der Waals surface area contributed by atoms with Crippen LogP contribution in [-0.4, -0.2) is 4.57 Å². The molecule has 0 bridgehead atoms. The van der Waals surface area contributed by atoms with Crippen LogP contribution in [0.25, 0.3) is 10.6 Å². The van der Waals surface area contributed by atoms with Gasteiger partial charge >= 0.3 is 0 Å². The van der Waals surface area contributed by atoms with Crippen molar-refractivity contribution in [2.24, 2.45) is 5.73 Å². The lowest BCUT2D eigenvalue weighted by Gasteiger charge is -2.14. The molecule has 94 valence electrons. The molecule has 1 fully saturated rings. The van der Waals surface area contributed by atoms with Gasteiger partial charge in [0.15, 0.2) is 0 Å². The standard InChI is InChI=1S/C14H16N2OS/c1-9(15)11-6-7-12(13-3-2-8-18-13)16(14(11)17)10-4-5-10/h2-3,6-10H,4-5,15H2,1H3. The van der Waals surface area contributed by atoms with Crippen molar-refractivity contribution in [1.29, 1.82) is 0 Å². The summed E-state index contributed by atoms with van der Waals surface area (Å²) in [6, 6.07) is 8.14. The van der Waals surface area contributed by atoms with Gasteiger partial charge in [0.2, 0.25) is 0 Å². The van der Waals surface area contributed by atoms with Crippen molar-refractivity contribution < 1.29 is 0 Å². The average Bonchev–Trinajstić information content (AvgIpc) is 3.03. The number of thiophene rings is 1. The largest absolute Gasteiger partial charge is 0.324 e. The van der Waals surface area contributed by atoms with E-state index in [4.69, 9.17) is 5.73 Å². The first-order chi connectivity index (χ1) is 8.68. The van der Waals surface area contributed by atoms with E-state index in [0.717, 1.165) is 23.4 Å². The molecule has 1 aliphatic carbocycles. The minimum absolute atomic E-state index is 0.0819. The van der Waals surface area contributed by atoms with E-state index >= 15 is 0 Å². The molecule has 0 saturated heterocycles. The Labute approximate surface area is 110 Å². The molecular weight excluding hydrogens is 244 g/mol. The van der Waals surface area contributed by atoms with Gasteiger partial charge in [0.05, 0.1) is 10.6 Å². The normalized spacial score (nSPS) is 16.8. The zero-order valence-electron chi connectivity index (χ0n) is 10.3. The van der Waals surface area contributed by atoms with Crippen LogP contribution in [0.2, 0.25) is 0 Å². The van der Waals surface area contributed by atoms with Crippen LogP contribution in [0.3, 0.4) is 0 Å². The number of rotatable bonds is 3. The number of aromatic nitrogens is 1. The topological polar surface area (TPSA) is 48.0 Å². The first kappa shape index (κ1) is 11.7. The van der Waals surface area contributed by atoms with Gasteiger partial charge in [-0.2, -0.15) is 0 Å². The van der Waals surface area contributed by atoms with Gasteiger partial charge in [-0.05, 0) is 43.3 Å². The fourth-order valence-electron chi connectivity index (χ4n) is 2.24. The van der Waals surface area contributed by atoms with E-state index < -0.39 is 0 Å².